The van der Waals surface area contributed by atoms with Crippen LogP contribution in [-0.2, 0) is 9.53 Å². The molecule has 0 saturated carbocycles. The number of cyclic esters (lactones) is 1. The van der Waals surface area contributed by atoms with Crippen LogP contribution in [0.15, 0.2) is 9.51 Å². The standard InChI is InChI=1S/C4H2BrClO2/c5-3-2(6)1-8-4(3)7/h1H2. The molecule has 0 bridgehead atoms. The van der Waals surface area contributed by atoms with Crippen molar-refractivity contribution in [2.24, 2.45) is 0 Å². The van der Waals surface area contributed by atoms with Gasteiger partial charge in [0.1, 0.15) is 11.1 Å². The molecule has 0 radical (unpaired) electrons. The Morgan fingerprint density at radius 2 is 2.38 bits per heavy atom. The molecule has 0 saturated heterocycles. The van der Waals surface area contributed by atoms with Crippen molar-refractivity contribution in [2.45, 2.75) is 0 Å². The molecule has 0 amide bonds. The summed E-state index contributed by atoms with van der Waals surface area (Å²) in [6.07, 6.45) is 0. The Morgan fingerprint density at radius 3 is 2.50 bits per heavy atom. The summed E-state index contributed by atoms with van der Waals surface area (Å²) < 4.78 is 4.83. The Labute approximate surface area is 59.6 Å². The molecule has 1 aliphatic rings. The van der Waals surface area contributed by atoms with E-state index in [0.717, 1.165) is 0 Å². The fourth-order valence-electron chi connectivity index (χ4n) is 0.366. The normalized spacial score (nSPS) is 19.5. The van der Waals surface area contributed by atoms with E-state index in [9.17, 15) is 4.79 Å². The van der Waals surface area contributed by atoms with Gasteiger partial charge in [-0.1, -0.05) is 11.6 Å². The molecule has 0 aromatic carbocycles. The van der Waals surface area contributed by atoms with Gasteiger partial charge in [0.25, 0.3) is 0 Å². The van der Waals surface area contributed by atoms with Crippen LogP contribution in [0.5, 0.6) is 0 Å². The lowest BCUT2D eigenvalue weighted by Crippen LogP contribution is -1.93. The number of esters is 1. The summed E-state index contributed by atoms with van der Waals surface area (Å²) >= 11 is 8.39. The number of carbonyl (C=O) groups excluding carboxylic acids is 1. The molecule has 0 unspecified atom stereocenters. The van der Waals surface area contributed by atoms with Gasteiger partial charge in [0.15, 0.2) is 0 Å². The van der Waals surface area contributed by atoms with E-state index in [0.29, 0.717) is 9.51 Å². The molecule has 1 aliphatic heterocycles. The quantitative estimate of drug-likeness (QED) is 0.549. The molecule has 0 spiro atoms. The molecule has 2 nitrogen and oxygen atoms in total. The topological polar surface area (TPSA) is 26.3 Å². The first-order chi connectivity index (χ1) is 3.72. The summed E-state index contributed by atoms with van der Waals surface area (Å²) in [5.41, 5.74) is 0. The van der Waals surface area contributed by atoms with Crippen LogP contribution in [0.2, 0.25) is 0 Å². The fourth-order valence-corrected chi connectivity index (χ4v) is 0.727. The van der Waals surface area contributed by atoms with Crippen LogP contribution in [0, 0.1) is 0 Å². The summed E-state index contributed by atoms with van der Waals surface area (Å²) in [5.74, 6) is -0.380. The van der Waals surface area contributed by atoms with Crippen LogP contribution in [0.3, 0.4) is 0 Å². The van der Waals surface area contributed by atoms with Crippen LogP contribution >= 0.6 is 27.5 Å². The molecule has 4 heteroatoms. The maximum Gasteiger partial charge on any atom is 0.346 e. The minimum absolute atomic E-state index is 0.209. The van der Waals surface area contributed by atoms with E-state index >= 15 is 0 Å². The van der Waals surface area contributed by atoms with Crippen molar-refractivity contribution in [1.82, 2.24) is 0 Å². The lowest BCUT2D eigenvalue weighted by Gasteiger charge is -1.84. The highest BCUT2D eigenvalue weighted by Crippen LogP contribution is 2.23. The molecule has 1 rings (SSSR count). The molecule has 44 valence electrons. The summed E-state index contributed by atoms with van der Waals surface area (Å²) in [4.78, 5) is 10.4. The third kappa shape index (κ3) is 0.880. The number of hydrogen-bond acceptors (Lipinski definition) is 2. The van der Waals surface area contributed by atoms with Gasteiger partial charge in [-0.3, -0.25) is 0 Å². The monoisotopic (exact) mass is 196 g/mol. The molecular weight excluding hydrogens is 195 g/mol. The van der Waals surface area contributed by atoms with Crippen molar-refractivity contribution in [1.29, 1.82) is 0 Å². The molecular formula is C4H2BrClO2. The van der Waals surface area contributed by atoms with Crippen LogP contribution in [0.4, 0.5) is 0 Å². The number of rotatable bonds is 0. The van der Waals surface area contributed by atoms with Crippen LogP contribution in [0.25, 0.3) is 0 Å². The smallest absolute Gasteiger partial charge is 0.346 e. The summed E-state index contributed by atoms with van der Waals surface area (Å²) in [5, 5.41) is 0.440. The van der Waals surface area contributed by atoms with Crippen molar-refractivity contribution in [3.8, 4) is 0 Å². The number of hydrogen-bond donors (Lipinski definition) is 0. The first-order valence-electron chi connectivity index (χ1n) is 1.93. The zero-order valence-corrected chi connectivity index (χ0v) is 6.12. The second-order valence-electron chi connectivity index (χ2n) is 1.30. The highest BCUT2D eigenvalue weighted by molar-refractivity contribution is 9.12. The first kappa shape index (κ1) is 6.11. The molecule has 1 heterocycles. The second-order valence-corrected chi connectivity index (χ2v) is 2.54. The minimum Gasteiger partial charge on any atom is -0.456 e. The SMILES string of the molecule is O=C1OCC(Cl)=C1Br. The van der Waals surface area contributed by atoms with Crippen LogP contribution < -0.4 is 0 Å². The van der Waals surface area contributed by atoms with Crippen LogP contribution in [-0.4, -0.2) is 12.6 Å². The molecule has 8 heavy (non-hydrogen) atoms. The average Bonchev–Trinajstić information content (AvgIpc) is 1.98. The zero-order valence-electron chi connectivity index (χ0n) is 3.78. The Kier molecular flexibility index (Phi) is 1.58. The lowest BCUT2D eigenvalue weighted by molar-refractivity contribution is -0.135. The van der Waals surface area contributed by atoms with Gasteiger partial charge in [0.2, 0.25) is 0 Å². The number of halogens is 2. The zero-order chi connectivity index (χ0) is 6.15. The number of ether oxygens (including phenoxy) is 1. The molecule has 0 atom stereocenters. The average molecular weight is 197 g/mol. The largest absolute Gasteiger partial charge is 0.456 e. The highest BCUT2D eigenvalue weighted by atomic mass is 79.9. The minimum atomic E-state index is -0.380. The van der Waals surface area contributed by atoms with E-state index in [1.807, 2.05) is 0 Å². The van der Waals surface area contributed by atoms with Gasteiger partial charge in [0, 0.05) is 0 Å². The van der Waals surface area contributed by atoms with E-state index in [4.69, 9.17) is 11.6 Å². The van der Waals surface area contributed by atoms with Gasteiger partial charge in [-0.2, -0.15) is 0 Å². The van der Waals surface area contributed by atoms with Gasteiger partial charge in [-0.15, -0.1) is 0 Å². The van der Waals surface area contributed by atoms with E-state index in [2.05, 4.69) is 20.7 Å². The van der Waals surface area contributed by atoms with Crippen molar-refractivity contribution >= 4 is 33.5 Å². The second kappa shape index (κ2) is 2.07. The molecule has 0 aromatic rings. The van der Waals surface area contributed by atoms with E-state index < -0.39 is 0 Å². The van der Waals surface area contributed by atoms with Gasteiger partial charge in [-0.05, 0) is 15.9 Å². The maximum absolute atomic E-state index is 10.4. The molecule has 0 fully saturated rings. The summed E-state index contributed by atoms with van der Waals surface area (Å²) in [7, 11) is 0. The predicted octanol–water partition coefficient (Wildman–Crippen LogP) is 1.39. The highest BCUT2D eigenvalue weighted by Gasteiger charge is 2.20. The van der Waals surface area contributed by atoms with Crippen LogP contribution in [0.1, 0.15) is 0 Å². The third-order valence-corrected chi connectivity index (χ3v) is 2.08. The molecule has 0 aromatic heterocycles. The van der Waals surface area contributed by atoms with E-state index in [-0.39, 0.29) is 12.6 Å². The molecule has 0 N–H and O–H groups in total. The summed E-state index contributed by atoms with van der Waals surface area (Å²) in [6, 6.07) is 0. The first-order valence-corrected chi connectivity index (χ1v) is 3.10. The van der Waals surface area contributed by atoms with Gasteiger partial charge >= 0.3 is 5.97 Å². The lowest BCUT2D eigenvalue weighted by atomic mass is 10.6. The molecule has 0 aliphatic carbocycles. The van der Waals surface area contributed by atoms with E-state index in [1.165, 1.54) is 0 Å². The Morgan fingerprint density at radius 1 is 1.75 bits per heavy atom. The van der Waals surface area contributed by atoms with Crippen molar-refractivity contribution in [3.63, 3.8) is 0 Å². The Balaban J connectivity index is 2.86. The summed E-state index contributed by atoms with van der Waals surface area (Å²) in [6.45, 7) is 0.209. The van der Waals surface area contributed by atoms with Gasteiger partial charge in [-0.25, -0.2) is 4.79 Å². The third-order valence-electron chi connectivity index (χ3n) is 0.747. The fraction of sp³-hybridized carbons (Fsp3) is 0.250. The van der Waals surface area contributed by atoms with Crippen molar-refractivity contribution in [3.05, 3.63) is 9.51 Å². The number of carbonyl (C=O) groups is 1. The van der Waals surface area contributed by atoms with E-state index in [1.54, 1.807) is 0 Å². The van der Waals surface area contributed by atoms with Gasteiger partial charge in [0.05, 0.1) is 5.03 Å². The van der Waals surface area contributed by atoms with Crippen molar-refractivity contribution in [2.75, 3.05) is 6.61 Å². The predicted molar refractivity (Wildman–Crippen MR) is 32.8 cm³/mol. The van der Waals surface area contributed by atoms with Crippen molar-refractivity contribution < 1.29 is 9.53 Å². The Bertz CT molecular complexity index is 163. The maximum atomic E-state index is 10.4. The van der Waals surface area contributed by atoms with Gasteiger partial charge < -0.3 is 4.74 Å². The Hall–Kier alpha value is -0.0200.